The van der Waals surface area contributed by atoms with Gasteiger partial charge in [-0.15, -0.1) is 24.0 Å². The molecule has 1 amide bonds. The summed E-state index contributed by atoms with van der Waals surface area (Å²) in [5.74, 6) is 0.343. The maximum absolute atomic E-state index is 11.9. The number of likely N-dealkylation sites (N-methyl/N-ethyl adjacent to an activating group) is 1. The van der Waals surface area contributed by atoms with E-state index >= 15 is 0 Å². The van der Waals surface area contributed by atoms with E-state index in [1.54, 1.807) is 32.3 Å². The summed E-state index contributed by atoms with van der Waals surface area (Å²) in [7, 11) is -0.382. The fraction of sp³-hybridized carbons (Fsp3) is 0.263. The Labute approximate surface area is 199 Å². The Balaban J connectivity index is 0.00000450. The number of benzene rings is 2. The highest BCUT2D eigenvalue weighted by Crippen LogP contribution is 2.11. The van der Waals surface area contributed by atoms with Crippen LogP contribution in [0.2, 0.25) is 5.02 Å². The Morgan fingerprint density at radius 2 is 1.77 bits per heavy atom. The summed E-state index contributed by atoms with van der Waals surface area (Å²) in [5, 5.41) is 11.9. The van der Waals surface area contributed by atoms with Gasteiger partial charge in [0.05, 0.1) is 18.0 Å². The number of hydrogen-bond donors (Lipinski definition) is 3. The van der Waals surface area contributed by atoms with Gasteiger partial charge in [0.2, 0.25) is 15.9 Å². The molecule has 8 nitrogen and oxygen atoms in total. The summed E-state index contributed by atoms with van der Waals surface area (Å²) in [6, 6.07) is 13.6. The predicted molar refractivity (Wildman–Crippen MR) is 129 cm³/mol. The van der Waals surface area contributed by atoms with Crippen molar-refractivity contribution in [3.63, 3.8) is 0 Å². The highest BCUT2D eigenvalue weighted by Gasteiger charge is 2.08. The minimum Gasteiger partial charge on any atom is -0.352 e. The molecule has 164 valence electrons. The molecular formula is C19H25ClIN5O3S. The molecule has 0 unspecified atom stereocenters. The van der Waals surface area contributed by atoms with Crippen molar-refractivity contribution in [2.75, 3.05) is 20.6 Å². The van der Waals surface area contributed by atoms with Crippen molar-refractivity contribution in [2.45, 2.75) is 18.0 Å². The molecule has 2 aromatic rings. The molecule has 0 atom stereocenters. The predicted octanol–water partition coefficient (Wildman–Crippen LogP) is 1.93. The first-order chi connectivity index (χ1) is 13.6. The van der Waals surface area contributed by atoms with Crippen LogP contribution in [-0.4, -0.2) is 45.8 Å². The van der Waals surface area contributed by atoms with Crippen LogP contribution in [0.3, 0.4) is 0 Å². The van der Waals surface area contributed by atoms with Gasteiger partial charge in [-0.3, -0.25) is 4.79 Å². The smallest absolute Gasteiger partial charge is 0.241 e. The number of sulfonamides is 1. The van der Waals surface area contributed by atoms with Gasteiger partial charge in [-0.05, 0) is 35.4 Å². The van der Waals surface area contributed by atoms with Crippen LogP contribution in [0.1, 0.15) is 11.1 Å². The lowest BCUT2D eigenvalue weighted by molar-refractivity contribution is -0.127. The molecule has 0 saturated heterocycles. The fourth-order valence-electron chi connectivity index (χ4n) is 2.28. The molecule has 0 spiro atoms. The minimum atomic E-state index is -3.73. The van der Waals surface area contributed by atoms with Gasteiger partial charge in [0, 0.05) is 25.7 Å². The van der Waals surface area contributed by atoms with E-state index in [9.17, 15) is 13.2 Å². The number of nitrogens with one attached hydrogen (secondary N) is 2. The summed E-state index contributed by atoms with van der Waals surface area (Å²) in [6.07, 6.45) is 0. The van der Waals surface area contributed by atoms with E-state index in [0.717, 1.165) is 11.1 Å². The summed E-state index contributed by atoms with van der Waals surface area (Å²) in [6.45, 7) is 0.831. The van der Waals surface area contributed by atoms with Crippen LogP contribution >= 0.6 is 35.6 Å². The van der Waals surface area contributed by atoms with Crippen LogP contribution in [-0.2, 0) is 27.9 Å². The van der Waals surface area contributed by atoms with Crippen molar-refractivity contribution in [3.05, 3.63) is 64.7 Å². The summed E-state index contributed by atoms with van der Waals surface area (Å²) < 4.78 is 22.7. The second kappa shape index (κ2) is 12.1. The van der Waals surface area contributed by atoms with Crippen molar-refractivity contribution in [2.24, 2.45) is 10.1 Å². The molecule has 0 aliphatic carbocycles. The summed E-state index contributed by atoms with van der Waals surface area (Å²) in [4.78, 5) is 17.9. The fourth-order valence-corrected chi connectivity index (χ4v) is 3.01. The normalized spacial score (nSPS) is 11.4. The summed E-state index contributed by atoms with van der Waals surface area (Å²) in [5.41, 5.74) is 1.75. The molecule has 0 radical (unpaired) electrons. The van der Waals surface area contributed by atoms with Crippen LogP contribution in [0.15, 0.2) is 58.4 Å². The van der Waals surface area contributed by atoms with Crippen molar-refractivity contribution < 1.29 is 13.2 Å². The molecule has 0 saturated carbocycles. The molecule has 0 bridgehead atoms. The first kappa shape index (κ1) is 26.1. The third-order valence-corrected chi connectivity index (χ3v) is 5.09. The number of rotatable bonds is 7. The number of nitrogens with zero attached hydrogens (tertiary/aromatic N) is 2. The van der Waals surface area contributed by atoms with Crippen LogP contribution in [0, 0.1) is 0 Å². The highest BCUT2D eigenvalue weighted by molar-refractivity contribution is 14.0. The second-order valence-electron chi connectivity index (χ2n) is 6.48. The van der Waals surface area contributed by atoms with Crippen LogP contribution in [0.25, 0.3) is 0 Å². The van der Waals surface area contributed by atoms with Gasteiger partial charge >= 0.3 is 0 Å². The number of carbonyl (C=O) groups excluding carboxylic acids is 1. The van der Waals surface area contributed by atoms with E-state index in [0.29, 0.717) is 24.1 Å². The number of nitrogens with two attached hydrogens (primary N) is 1. The molecule has 0 aliphatic heterocycles. The zero-order valence-electron chi connectivity index (χ0n) is 16.6. The van der Waals surface area contributed by atoms with Gasteiger partial charge in [-0.2, -0.15) is 0 Å². The lowest BCUT2D eigenvalue weighted by Crippen LogP contribution is -2.42. The van der Waals surface area contributed by atoms with Gasteiger partial charge in [0.15, 0.2) is 5.96 Å². The first-order valence-corrected chi connectivity index (χ1v) is 10.7. The Bertz CT molecular complexity index is 982. The Morgan fingerprint density at radius 1 is 1.10 bits per heavy atom. The van der Waals surface area contributed by atoms with E-state index in [1.807, 2.05) is 18.2 Å². The van der Waals surface area contributed by atoms with E-state index in [2.05, 4.69) is 15.6 Å². The first-order valence-electron chi connectivity index (χ1n) is 8.73. The van der Waals surface area contributed by atoms with Gasteiger partial charge in [-0.1, -0.05) is 35.9 Å². The zero-order valence-corrected chi connectivity index (χ0v) is 20.5. The van der Waals surface area contributed by atoms with E-state index in [1.165, 1.54) is 17.0 Å². The van der Waals surface area contributed by atoms with E-state index < -0.39 is 10.0 Å². The monoisotopic (exact) mass is 565 g/mol. The standard InChI is InChI=1S/C19H24ClN5O3S.HI/c1-25(2)18(26)13-24-19(23-12-15-4-3-5-16(20)10-15)22-11-14-6-8-17(9-7-14)29(21,27)28;/h3-10H,11-13H2,1-2H3,(H2,21,27,28)(H2,22,23,24);1H. The van der Waals surface area contributed by atoms with Gasteiger partial charge in [0.1, 0.15) is 0 Å². The Hall–Kier alpha value is -1.89. The highest BCUT2D eigenvalue weighted by atomic mass is 127. The Kier molecular flexibility index (Phi) is 10.5. The number of aliphatic imine (C=N–C) groups is 1. The van der Waals surface area contributed by atoms with Gasteiger partial charge < -0.3 is 15.5 Å². The van der Waals surface area contributed by atoms with Gasteiger partial charge in [-0.25, -0.2) is 18.5 Å². The summed E-state index contributed by atoms with van der Waals surface area (Å²) >= 11 is 6.00. The van der Waals surface area contributed by atoms with Crippen LogP contribution in [0.5, 0.6) is 0 Å². The third kappa shape index (κ3) is 8.86. The van der Waals surface area contributed by atoms with Crippen molar-refractivity contribution >= 4 is 57.5 Å². The van der Waals surface area contributed by atoms with Crippen LogP contribution in [0.4, 0.5) is 0 Å². The third-order valence-electron chi connectivity index (χ3n) is 3.93. The largest absolute Gasteiger partial charge is 0.352 e. The quantitative estimate of drug-likeness (QED) is 0.270. The molecule has 4 N–H and O–H groups in total. The number of carbonyl (C=O) groups is 1. The number of hydrogen-bond acceptors (Lipinski definition) is 4. The zero-order chi connectivity index (χ0) is 21.4. The number of primary sulfonamides is 1. The lowest BCUT2D eigenvalue weighted by Gasteiger charge is -2.15. The van der Waals surface area contributed by atoms with E-state index in [4.69, 9.17) is 16.7 Å². The average Bonchev–Trinajstić information content (AvgIpc) is 2.66. The molecule has 11 heteroatoms. The van der Waals surface area contributed by atoms with Crippen molar-refractivity contribution in [1.82, 2.24) is 15.5 Å². The number of guanidine groups is 1. The molecule has 2 rings (SSSR count). The minimum absolute atomic E-state index is 0. The molecule has 0 fully saturated rings. The molecule has 30 heavy (non-hydrogen) atoms. The maximum atomic E-state index is 11.9. The molecule has 0 heterocycles. The van der Waals surface area contributed by atoms with Gasteiger partial charge in [0.25, 0.3) is 0 Å². The Morgan fingerprint density at radius 3 is 2.33 bits per heavy atom. The topological polar surface area (TPSA) is 117 Å². The van der Waals surface area contributed by atoms with E-state index in [-0.39, 0.29) is 41.3 Å². The van der Waals surface area contributed by atoms with Crippen molar-refractivity contribution in [1.29, 1.82) is 0 Å². The molecule has 0 aromatic heterocycles. The number of halogens is 2. The van der Waals surface area contributed by atoms with Crippen LogP contribution < -0.4 is 15.8 Å². The molecule has 2 aromatic carbocycles. The number of amides is 1. The molecule has 0 aliphatic rings. The second-order valence-corrected chi connectivity index (χ2v) is 8.48. The molecular weight excluding hydrogens is 541 g/mol. The maximum Gasteiger partial charge on any atom is 0.241 e. The average molecular weight is 566 g/mol. The lowest BCUT2D eigenvalue weighted by atomic mass is 10.2. The SMILES string of the molecule is CN(C)C(=O)CNC(=NCc1cccc(Cl)c1)NCc1ccc(S(N)(=O)=O)cc1.I. The van der Waals surface area contributed by atoms with Crippen molar-refractivity contribution in [3.8, 4) is 0 Å².